The number of phenolic OH excluding ortho intramolecular Hbond substituents is 1. The Labute approximate surface area is 159 Å². The Morgan fingerprint density at radius 3 is 2.69 bits per heavy atom. The molecule has 0 bridgehead atoms. The van der Waals surface area contributed by atoms with Crippen LogP contribution in [-0.4, -0.2) is 29.7 Å². The molecule has 0 aliphatic heterocycles. The van der Waals surface area contributed by atoms with E-state index in [1.54, 1.807) is 31.2 Å². The fraction of sp³-hybridized carbons (Fsp3) is 0.167. The predicted octanol–water partition coefficient (Wildman–Crippen LogP) is 2.95. The van der Waals surface area contributed by atoms with Crippen LogP contribution in [0.3, 0.4) is 0 Å². The number of ether oxygens (including phenoxy) is 1. The zero-order chi connectivity index (χ0) is 19.1. The normalized spacial score (nSPS) is 10.6. The number of carbonyl (C=O) groups excluding carboxylic acids is 2. The first-order valence-corrected chi connectivity index (χ1v) is 8.57. The zero-order valence-corrected chi connectivity index (χ0v) is 15.8. The number of carbonyl (C=O) groups is 2. The fourth-order valence-electron chi connectivity index (χ4n) is 2.04. The van der Waals surface area contributed by atoms with Crippen LogP contribution >= 0.6 is 15.9 Å². The van der Waals surface area contributed by atoms with Gasteiger partial charge in [-0.25, -0.2) is 5.43 Å². The van der Waals surface area contributed by atoms with Crippen molar-refractivity contribution in [2.24, 2.45) is 5.10 Å². The monoisotopic (exact) mass is 419 g/mol. The first kappa shape index (κ1) is 19.5. The molecular weight excluding hydrogens is 402 g/mol. The number of hydrazone groups is 1. The third-order valence-corrected chi connectivity index (χ3v) is 3.93. The second-order valence-corrected chi connectivity index (χ2v) is 6.10. The number of nitrogens with zero attached hydrogens (tertiary/aromatic N) is 1. The molecule has 0 unspecified atom stereocenters. The maximum absolute atomic E-state index is 11.9. The predicted molar refractivity (Wildman–Crippen MR) is 103 cm³/mol. The van der Waals surface area contributed by atoms with E-state index in [1.165, 1.54) is 6.21 Å². The molecule has 0 saturated heterocycles. The van der Waals surface area contributed by atoms with Crippen molar-refractivity contribution in [2.45, 2.75) is 13.8 Å². The number of rotatable bonds is 5. The van der Waals surface area contributed by atoms with E-state index in [2.05, 4.69) is 31.8 Å². The summed E-state index contributed by atoms with van der Waals surface area (Å²) in [5, 5.41) is 16.1. The highest BCUT2D eigenvalue weighted by molar-refractivity contribution is 9.10. The van der Waals surface area contributed by atoms with Gasteiger partial charge in [-0.3, -0.25) is 9.59 Å². The van der Waals surface area contributed by atoms with Gasteiger partial charge in [-0.2, -0.15) is 5.10 Å². The van der Waals surface area contributed by atoms with E-state index < -0.39 is 11.8 Å². The van der Waals surface area contributed by atoms with E-state index in [-0.39, 0.29) is 11.5 Å². The summed E-state index contributed by atoms with van der Waals surface area (Å²) in [5.41, 5.74) is 4.12. The lowest BCUT2D eigenvalue weighted by Crippen LogP contribution is -2.32. The summed E-state index contributed by atoms with van der Waals surface area (Å²) in [5.74, 6) is -1.46. The molecule has 0 atom stereocenters. The summed E-state index contributed by atoms with van der Waals surface area (Å²) < 4.78 is 5.73. The van der Waals surface area contributed by atoms with Gasteiger partial charge in [-0.05, 0) is 59.1 Å². The molecule has 2 amide bonds. The number of amides is 2. The number of aryl methyl sites for hydroxylation is 1. The summed E-state index contributed by atoms with van der Waals surface area (Å²) in [7, 11) is 0. The van der Waals surface area contributed by atoms with Crippen molar-refractivity contribution >= 4 is 39.6 Å². The standard InChI is InChI=1S/C18H18BrN3O4/c1-3-26-15-9-12(8-13(19)16(15)23)10-20-22-18(25)17(24)21-14-7-5-4-6-11(14)2/h4-10,23H,3H2,1-2H3,(H,21,24)(H,22,25)/b20-10-. The average molecular weight is 420 g/mol. The van der Waals surface area contributed by atoms with Crippen molar-refractivity contribution in [2.75, 3.05) is 11.9 Å². The molecular formula is C18H18BrN3O4. The maximum Gasteiger partial charge on any atom is 0.329 e. The number of hydrogen-bond donors (Lipinski definition) is 3. The van der Waals surface area contributed by atoms with Gasteiger partial charge >= 0.3 is 11.8 Å². The van der Waals surface area contributed by atoms with Gasteiger partial charge in [0.2, 0.25) is 0 Å². The Morgan fingerprint density at radius 1 is 1.27 bits per heavy atom. The van der Waals surface area contributed by atoms with Crippen LogP contribution in [0.2, 0.25) is 0 Å². The lowest BCUT2D eigenvalue weighted by Gasteiger charge is -2.08. The number of nitrogens with one attached hydrogen (secondary N) is 2. The van der Waals surface area contributed by atoms with Crippen molar-refractivity contribution in [1.82, 2.24) is 5.43 Å². The second kappa shape index (κ2) is 9.00. The minimum Gasteiger partial charge on any atom is -0.503 e. The second-order valence-electron chi connectivity index (χ2n) is 5.25. The number of aromatic hydroxyl groups is 1. The highest BCUT2D eigenvalue weighted by atomic mass is 79.9. The van der Waals surface area contributed by atoms with Crippen LogP contribution < -0.4 is 15.5 Å². The van der Waals surface area contributed by atoms with Crippen molar-refractivity contribution in [3.05, 3.63) is 52.0 Å². The summed E-state index contributed by atoms with van der Waals surface area (Å²) >= 11 is 3.21. The lowest BCUT2D eigenvalue weighted by molar-refractivity contribution is -0.136. The molecule has 0 heterocycles. The molecule has 2 aromatic rings. The van der Waals surface area contributed by atoms with Gasteiger partial charge in [0.05, 0.1) is 17.3 Å². The number of anilines is 1. The number of benzene rings is 2. The van der Waals surface area contributed by atoms with Crippen LogP contribution in [0.1, 0.15) is 18.1 Å². The smallest absolute Gasteiger partial charge is 0.329 e. The Bertz CT molecular complexity index is 852. The molecule has 0 saturated carbocycles. The first-order valence-electron chi connectivity index (χ1n) is 7.77. The zero-order valence-electron chi connectivity index (χ0n) is 14.2. The SMILES string of the molecule is CCOc1cc(/C=N\NC(=O)C(=O)Nc2ccccc2C)cc(Br)c1O. The summed E-state index contributed by atoms with van der Waals surface area (Å²) in [6.07, 6.45) is 1.34. The minimum atomic E-state index is -0.896. The van der Waals surface area contributed by atoms with Crippen molar-refractivity contribution in [1.29, 1.82) is 0 Å². The number of halogens is 1. The van der Waals surface area contributed by atoms with Gasteiger partial charge in [-0.15, -0.1) is 0 Å². The molecule has 2 aromatic carbocycles. The van der Waals surface area contributed by atoms with Crippen molar-refractivity contribution < 1.29 is 19.4 Å². The van der Waals surface area contributed by atoms with Gasteiger partial charge < -0.3 is 15.2 Å². The summed E-state index contributed by atoms with van der Waals surface area (Å²) in [6, 6.07) is 10.3. The topological polar surface area (TPSA) is 100 Å². The third-order valence-electron chi connectivity index (χ3n) is 3.33. The summed E-state index contributed by atoms with van der Waals surface area (Å²) in [4.78, 5) is 23.7. The van der Waals surface area contributed by atoms with Gasteiger partial charge in [0, 0.05) is 5.69 Å². The quantitative estimate of drug-likeness (QED) is 0.394. The van der Waals surface area contributed by atoms with Crippen molar-refractivity contribution in [3.63, 3.8) is 0 Å². The van der Waals surface area contributed by atoms with E-state index in [4.69, 9.17) is 4.74 Å². The molecule has 0 aliphatic carbocycles. The Balaban J connectivity index is 2.00. The van der Waals surface area contributed by atoms with E-state index in [0.29, 0.717) is 22.3 Å². The maximum atomic E-state index is 11.9. The van der Waals surface area contributed by atoms with Gasteiger partial charge in [-0.1, -0.05) is 18.2 Å². The van der Waals surface area contributed by atoms with E-state index in [0.717, 1.165) is 5.56 Å². The summed E-state index contributed by atoms with van der Waals surface area (Å²) in [6.45, 7) is 4.00. The highest BCUT2D eigenvalue weighted by Gasteiger charge is 2.14. The molecule has 26 heavy (non-hydrogen) atoms. The van der Waals surface area contributed by atoms with Gasteiger partial charge in [0.25, 0.3) is 0 Å². The Hall–Kier alpha value is -2.87. The largest absolute Gasteiger partial charge is 0.503 e. The molecule has 136 valence electrons. The first-order chi connectivity index (χ1) is 12.4. The Morgan fingerprint density at radius 2 is 2.00 bits per heavy atom. The molecule has 0 aliphatic rings. The number of phenols is 1. The van der Waals surface area contributed by atoms with Crippen LogP contribution in [-0.2, 0) is 9.59 Å². The van der Waals surface area contributed by atoms with Crippen LogP contribution in [0, 0.1) is 6.92 Å². The Kier molecular flexibility index (Phi) is 6.74. The van der Waals surface area contributed by atoms with Crippen LogP contribution in [0.4, 0.5) is 5.69 Å². The van der Waals surface area contributed by atoms with Crippen LogP contribution in [0.5, 0.6) is 11.5 Å². The van der Waals surface area contributed by atoms with E-state index in [1.807, 2.05) is 19.1 Å². The molecule has 8 heteroatoms. The van der Waals surface area contributed by atoms with E-state index >= 15 is 0 Å². The minimum absolute atomic E-state index is 0.0226. The lowest BCUT2D eigenvalue weighted by atomic mass is 10.2. The van der Waals surface area contributed by atoms with Crippen LogP contribution in [0.25, 0.3) is 0 Å². The molecule has 3 N–H and O–H groups in total. The average Bonchev–Trinajstić information content (AvgIpc) is 2.61. The molecule has 0 radical (unpaired) electrons. The van der Waals surface area contributed by atoms with Gasteiger partial charge in [0.1, 0.15) is 0 Å². The molecule has 0 spiro atoms. The molecule has 0 aromatic heterocycles. The number of hydrogen-bond acceptors (Lipinski definition) is 5. The van der Waals surface area contributed by atoms with E-state index in [9.17, 15) is 14.7 Å². The molecule has 0 fully saturated rings. The van der Waals surface area contributed by atoms with Crippen LogP contribution in [0.15, 0.2) is 46.0 Å². The fourth-order valence-corrected chi connectivity index (χ4v) is 2.50. The molecule has 7 nitrogen and oxygen atoms in total. The van der Waals surface area contributed by atoms with Gasteiger partial charge in [0.15, 0.2) is 11.5 Å². The number of para-hydroxylation sites is 1. The third kappa shape index (κ3) is 5.06. The van der Waals surface area contributed by atoms with Crippen molar-refractivity contribution in [3.8, 4) is 11.5 Å². The highest BCUT2D eigenvalue weighted by Crippen LogP contribution is 2.35. The molecule has 2 rings (SSSR count).